The van der Waals surface area contributed by atoms with Crippen molar-refractivity contribution < 1.29 is 4.79 Å². The number of amides is 1. The minimum atomic E-state index is -0.167. The second-order valence-electron chi connectivity index (χ2n) is 5.85. The van der Waals surface area contributed by atoms with Crippen molar-refractivity contribution in [1.82, 2.24) is 14.8 Å². The average molecular weight is 282 g/mol. The van der Waals surface area contributed by atoms with Crippen LogP contribution in [0.15, 0.2) is 18.3 Å². The van der Waals surface area contributed by atoms with Gasteiger partial charge in [0.05, 0.1) is 0 Å². The van der Waals surface area contributed by atoms with Crippen LogP contribution in [0.2, 0.25) is 0 Å². The van der Waals surface area contributed by atoms with E-state index < -0.39 is 0 Å². The molecule has 0 unspecified atom stereocenters. The molecule has 5 heteroatoms. The van der Waals surface area contributed by atoms with Crippen LogP contribution < -0.4 is 5.32 Å². The fraction of sp³-hybridized carbons (Fsp3) is 0.438. The Bertz CT molecular complexity index is 683. The summed E-state index contributed by atoms with van der Waals surface area (Å²) >= 11 is 0. The molecule has 0 saturated heterocycles. The molecule has 3 heterocycles. The first kappa shape index (κ1) is 12.6. The van der Waals surface area contributed by atoms with Crippen molar-refractivity contribution in [3.8, 4) is 0 Å². The van der Waals surface area contributed by atoms with Crippen LogP contribution in [-0.2, 0) is 25.8 Å². The third kappa shape index (κ3) is 2.33. The zero-order chi connectivity index (χ0) is 14.2. The number of carbonyl (C=O) groups is 1. The predicted molar refractivity (Wildman–Crippen MR) is 79.4 cm³/mol. The van der Waals surface area contributed by atoms with Crippen molar-refractivity contribution in [2.24, 2.45) is 0 Å². The minimum absolute atomic E-state index is 0.167. The molecule has 0 saturated carbocycles. The van der Waals surface area contributed by atoms with E-state index in [2.05, 4.69) is 15.4 Å². The molecule has 2 aliphatic rings. The van der Waals surface area contributed by atoms with Crippen LogP contribution in [0.4, 0.5) is 5.82 Å². The van der Waals surface area contributed by atoms with Crippen LogP contribution in [0, 0.1) is 0 Å². The Balaban J connectivity index is 1.54. The van der Waals surface area contributed by atoms with Crippen molar-refractivity contribution in [1.29, 1.82) is 0 Å². The Morgan fingerprint density at radius 3 is 2.81 bits per heavy atom. The third-order valence-electron chi connectivity index (χ3n) is 4.37. The number of nitrogens with one attached hydrogen (secondary N) is 1. The van der Waals surface area contributed by atoms with Gasteiger partial charge in [0.15, 0.2) is 5.82 Å². The Morgan fingerprint density at radius 1 is 1.10 bits per heavy atom. The number of aryl methyl sites for hydroxylation is 4. The summed E-state index contributed by atoms with van der Waals surface area (Å²) in [5.41, 5.74) is 4.25. The summed E-state index contributed by atoms with van der Waals surface area (Å²) in [5.74, 6) is 0.467. The van der Waals surface area contributed by atoms with Crippen LogP contribution in [0.25, 0.3) is 0 Å². The van der Waals surface area contributed by atoms with Gasteiger partial charge in [-0.3, -0.25) is 14.5 Å². The molecular weight excluding hydrogens is 264 g/mol. The first-order valence-corrected chi connectivity index (χ1v) is 7.65. The Labute approximate surface area is 123 Å². The highest BCUT2D eigenvalue weighted by atomic mass is 16.1. The topological polar surface area (TPSA) is 59.8 Å². The maximum Gasteiger partial charge on any atom is 0.275 e. The Hall–Kier alpha value is -2.17. The quantitative estimate of drug-likeness (QED) is 0.919. The summed E-state index contributed by atoms with van der Waals surface area (Å²) < 4.78 is 1.97. The predicted octanol–water partition coefficient (Wildman–Crippen LogP) is 2.36. The molecule has 1 aliphatic heterocycles. The molecule has 0 bridgehead atoms. The van der Waals surface area contributed by atoms with Gasteiger partial charge in [0.1, 0.15) is 5.69 Å². The van der Waals surface area contributed by atoms with Crippen LogP contribution in [-0.4, -0.2) is 20.7 Å². The van der Waals surface area contributed by atoms with Crippen LogP contribution in [0.5, 0.6) is 0 Å². The average Bonchev–Trinajstić information content (AvgIpc) is 3.08. The summed E-state index contributed by atoms with van der Waals surface area (Å²) in [6.45, 7) is 0.947. The largest absolute Gasteiger partial charge is 0.304 e. The first-order chi connectivity index (χ1) is 10.3. The van der Waals surface area contributed by atoms with Gasteiger partial charge in [0, 0.05) is 24.5 Å². The van der Waals surface area contributed by atoms with E-state index in [1.165, 1.54) is 29.7 Å². The zero-order valence-corrected chi connectivity index (χ0v) is 11.9. The van der Waals surface area contributed by atoms with E-state index in [0.29, 0.717) is 11.5 Å². The normalized spacial score (nSPS) is 16.4. The summed E-state index contributed by atoms with van der Waals surface area (Å²) in [5, 5.41) is 7.26. The number of nitrogens with zero attached hydrogens (tertiary/aromatic N) is 3. The molecule has 2 aromatic heterocycles. The fourth-order valence-corrected chi connectivity index (χ4v) is 3.24. The van der Waals surface area contributed by atoms with Gasteiger partial charge in [-0.2, -0.15) is 5.10 Å². The lowest BCUT2D eigenvalue weighted by Gasteiger charge is -2.15. The number of aromatic nitrogens is 3. The second kappa shape index (κ2) is 4.98. The molecule has 0 fully saturated rings. The number of pyridine rings is 1. The monoisotopic (exact) mass is 282 g/mol. The molecule has 0 radical (unpaired) electrons. The number of hydrogen-bond acceptors (Lipinski definition) is 3. The van der Waals surface area contributed by atoms with E-state index in [4.69, 9.17) is 0 Å². The van der Waals surface area contributed by atoms with Gasteiger partial charge in [0.2, 0.25) is 0 Å². The van der Waals surface area contributed by atoms with Crippen molar-refractivity contribution >= 4 is 11.7 Å². The van der Waals surface area contributed by atoms with Gasteiger partial charge < -0.3 is 5.32 Å². The lowest BCUT2D eigenvalue weighted by Crippen LogP contribution is -2.16. The van der Waals surface area contributed by atoms with Crippen molar-refractivity contribution in [2.45, 2.75) is 45.1 Å². The maximum absolute atomic E-state index is 12.3. The number of carbonyl (C=O) groups excluding carboxylic acids is 1. The fourth-order valence-electron chi connectivity index (χ4n) is 3.24. The van der Waals surface area contributed by atoms with Crippen molar-refractivity contribution in [3.63, 3.8) is 0 Å². The number of rotatable bonds is 2. The number of fused-ring (bicyclic) bond motifs is 2. The molecule has 0 spiro atoms. The van der Waals surface area contributed by atoms with E-state index in [0.717, 1.165) is 32.2 Å². The Morgan fingerprint density at radius 2 is 1.95 bits per heavy atom. The first-order valence-electron chi connectivity index (χ1n) is 7.65. The highest BCUT2D eigenvalue weighted by molar-refractivity contribution is 6.02. The molecule has 1 N–H and O–H groups in total. The molecule has 1 aliphatic carbocycles. The Kier molecular flexibility index (Phi) is 2.98. The standard InChI is InChI=1S/C16H18N4O/c21-16(18-15-9-13-6-3-7-20(13)19-15)14-8-11-4-1-2-5-12(11)10-17-14/h8-10H,1-7H2,(H,18,19,21). The van der Waals surface area contributed by atoms with Crippen LogP contribution >= 0.6 is 0 Å². The van der Waals surface area contributed by atoms with Gasteiger partial charge in [-0.15, -0.1) is 0 Å². The molecular formula is C16H18N4O. The number of hydrogen-bond donors (Lipinski definition) is 1. The smallest absolute Gasteiger partial charge is 0.275 e. The molecule has 0 aromatic carbocycles. The van der Waals surface area contributed by atoms with E-state index in [1.807, 2.05) is 23.0 Å². The van der Waals surface area contributed by atoms with Crippen LogP contribution in [0.3, 0.4) is 0 Å². The second-order valence-corrected chi connectivity index (χ2v) is 5.85. The molecule has 2 aromatic rings. The van der Waals surface area contributed by atoms with Gasteiger partial charge in [-0.25, -0.2) is 0 Å². The third-order valence-corrected chi connectivity index (χ3v) is 4.37. The van der Waals surface area contributed by atoms with Crippen molar-refractivity contribution in [2.75, 3.05) is 5.32 Å². The molecule has 4 rings (SSSR count). The SMILES string of the molecule is O=C(Nc1cc2n(n1)CCC2)c1cc2c(cn1)CCCC2. The molecule has 1 amide bonds. The highest BCUT2D eigenvalue weighted by Gasteiger charge is 2.17. The summed E-state index contributed by atoms with van der Waals surface area (Å²) in [6, 6.07) is 3.90. The van der Waals surface area contributed by atoms with E-state index in [-0.39, 0.29) is 5.91 Å². The van der Waals surface area contributed by atoms with E-state index in [1.54, 1.807) is 0 Å². The molecule has 0 atom stereocenters. The van der Waals surface area contributed by atoms with Gasteiger partial charge in [0.25, 0.3) is 5.91 Å². The van der Waals surface area contributed by atoms with Gasteiger partial charge in [-0.1, -0.05) is 0 Å². The van der Waals surface area contributed by atoms with Gasteiger partial charge >= 0.3 is 0 Å². The lowest BCUT2D eigenvalue weighted by atomic mass is 9.93. The molecule has 5 nitrogen and oxygen atoms in total. The lowest BCUT2D eigenvalue weighted by molar-refractivity contribution is 0.102. The molecule has 21 heavy (non-hydrogen) atoms. The van der Waals surface area contributed by atoms with E-state index in [9.17, 15) is 4.79 Å². The summed E-state index contributed by atoms with van der Waals surface area (Å²) in [7, 11) is 0. The van der Waals surface area contributed by atoms with Gasteiger partial charge in [-0.05, 0) is 55.7 Å². The highest BCUT2D eigenvalue weighted by Crippen LogP contribution is 2.22. The van der Waals surface area contributed by atoms with E-state index >= 15 is 0 Å². The summed E-state index contributed by atoms with van der Waals surface area (Å²) in [6.07, 6.45) is 8.60. The van der Waals surface area contributed by atoms with Crippen molar-refractivity contribution in [3.05, 3.63) is 40.8 Å². The minimum Gasteiger partial charge on any atom is -0.304 e. The summed E-state index contributed by atoms with van der Waals surface area (Å²) in [4.78, 5) is 16.6. The maximum atomic E-state index is 12.3. The molecule has 108 valence electrons. The number of anilines is 1. The van der Waals surface area contributed by atoms with Crippen LogP contribution in [0.1, 0.15) is 46.6 Å². The zero-order valence-electron chi connectivity index (χ0n) is 11.9.